The molecule has 11 heteroatoms. The number of phenolic OH excluding ortho intramolecular Hbond substituents is 1. The summed E-state index contributed by atoms with van der Waals surface area (Å²) in [5, 5.41) is 53.8. The fourth-order valence-electron chi connectivity index (χ4n) is 6.92. The average Bonchev–Trinajstić information content (AvgIpc) is 2.88. The second-order valence-electron chi connectivity index (χ2n) is 11.2. The summed E-state index contributed by atoms with van der Waals surface area (Å²) < 4.78 is 0. The zero-order valence-corrected chi connectivity index (χ0v) is 21.8. The van der Waals surface area contributed by atoms with E-state index >= 15 is 0 Å². The van der Waals surface area contributed by atoms with Crippen LogP contribution in [0.4, 0.5) is 0 Å². The van der Waals surface area contributed by atoms with Crippen molar-refractivity contribution in [2.24, 2.45) is 23.5 Å². The molecule has 0 saturated carbocycles. The maximum Gasteiger partial charge on any atom is 0.255 e. The number of likely N-dealkylation sites (tertiary alicyclic amines) is 1. The van der Waals surface area contributed by atoms with Gasteiger partial charge in [0.15, 0.2) is 11.4 Å². The molecule has 5 rings (SSSR count). The van der Waals surface area contributed by atoms with Gasteiger partial charge < -0.3 is 26.2 Å². The molecule has 0 bridgehead atoms. The summed E-state index contributed by atoms with van der Waals surface area (Å²) in [6, 6.07) is 4.48. The molecule has 0 unspecified atom stereocenters. The number of nitrogens with zero attached hydrogens (tertiary/aromatic N) is 3. The van der Waals surface area contributed by atoms with Crippen LogP contribution in [0.5, 0.6) is 5.75 Å². The number of fused-ring (bicyclic) bond motifs is 3. The number of primary amides is 1. The molecular weight excluding hydrogens is 504 g/mol. The largest absolute Gasteiger partial charge is 0.510 e. The molecule has 4 aliphatic rings. The Kier molecular flexibility index (Phi) is 6.53. The van der Waals surface area contributed by atoms with E-state index in [0.29, 0.717) is 12.1 Å². The lowest BCUT2D eigenvalue weighted by atomic mass is 9.58. The standard InChI is InChI=1S/C28H32N4O7/c1-31(2)22-17-10-15-9-16-14(12-32-7-5-13(11-29)6-8-32)3-4-18(33)20(16)23(34)19(15)25(36)28(17,39)26(37)21(24(22)35)27(30)38/h3-4,13,15,17,22,33,35-36,39H,5-10,12H2,1-2H3,(H2,30,38)/t15-,17-,22-,28-/m0/s1. The van der Waals surface area contributed by atoms with Crippen LogP contribution in [0.2, 0.25) is 0 Å². The van der Waals surface area contributed by atoms with Gasteiger partial charge in [0.25, 0.3) is 5.91 Å². The number of amides is 1. The SMILES string of the molecule is CN(C)[C@@H]1C(O)=C(C(N)=O)C(=O)[C@@]2(O)C(O)=C3C(=O)c4c(O)ccc(CN5CCC(C#N)CC5)c4C[C@H]3C[C@@H]12. The van der Waals surface area contributed by atoms with Crippen LogP contribution in [0.15, 0.2) is 34.8 Å². The predicted octanol–water partition coefficient (Wildman–Crippen LogP) is 0.856. The number of allylic oxidation sites excluding steroid dienone is 1. The Labute approximate surface area is 225 Å². The number of aliphatic hydroxyl groups is 3. The minimum Gasteiger partial charge on any atom is -0.510 e. The number of benzene rings is 1. The molecule has 3 aliphatic carbocycles. The van der Waals surface area contributed by atoms with Gasteiger partial charge >= 0.3 is 0 Å². The molecule has 0 spiro atoms. The van der Waals surface area contributed by atoms with Crippen molar-refractivity contribution in [3.8, 4) is 11.8 Å². The lowest BCUT2D eigenvalue weighted by Gasteiger charge is -2.50. The number of ketones is 2. The quantitative estimate of drug-likeness (QED) is 0.345. The van der Waals surface area contributed by atoms with E-state index in [0.717, 1.165) is 31.5 Å². The maximum absolute atomic E-state index is 13.8. The first kappa shape index (κ1) is 26.9. The fraction of sp³-hybridized carbons (Fsp3) is 0.500. The molecule has 1 fully saturated rings. The number of aliphatic hydroxyl groups excluding tert-OH is 2. The van der Waals surface area contributed by atoms with Crippen molar-refractivity contribution in [3.63, 3.8) is 0 Å². The van der Waals surface area contributed by atoms with E-state index in [4.69, 9.17) is 5.73 Å². The summed E-state index contributed by atoms with van der Waals surface area (Å²) in [4.78, 5) is 43.0. The van der Waals surface area contributed by atoms with Crippen molar-refractivity contribution < 1.29 is 34.8 Å². The van der Waals surface area contributed by atoms with E-state index in [-0.39, 0.29) is 35.6 Å². The van der Waals surface area contributed by atoms with Gasteiger partial charge in [-0.2, -0.15) is 5.26 Å². The van der Waals surface area contributed by atoms with E-state index in [1.165, 1.54) is 11.0 Å². The zero-order valence-electron chi connectivity index (χ0n) is 21.8. The molecule has 1 aromatic rings. The summed E-state index contributed by atoms with van der Waals surface area (Å²) in [5.74, 6) is -6.58. The molecule has 11 nitrogen and oxygen atoms in total. The molecule has 1 aromatic carbocycles. The average molecular weight is 537 g/mol. The summed E-state index contributed by atoms with van der Waals surface area (Å²) in [6.45, 7) is 1.98. The van der Waals surface area contributed by atoms with Gasteiger partial charge in [-0.25, -0.2) is 0 Å². The highest BCUT2D eigenvalue weighted by atomic mass is 16.3. The number of rotatable bonds is 4. The minimum atomic E-state index is -2.65. The van der Waals surface area contributed by atoms with Gasteiger partial charge in [0, 0.05) is 24.0 Å². The molecule has 1 aliphatic heterocycles. The molecule has 0 aromatic heterocycles. The molecule has 6 N–H and O–H groups in total. The predicted molar refractivity (Wildman–Crippen MR) is 137 cm³/mol. The van der Waals surface area contributed by atoms with Crippen molar-refractivity contribution in [2.45, 2.75) is 43.9 Å². The third kappa shape index (κ3) is 3.93. The van der Waals surface area contributed by atoms with Crippen LogP contribution in [-0.2, 0) is 22.6 Å². The number of carbonyl (C=O) groups is 3. The molecular formula is C28H32N4O7. The van der Waals surface area contributed by atoms with Crippen LogP contribution in [0.25, 0.3) is 0 Å². The first-order valence-electron chi connectivity index (χ1n) is 13.0. The highest BCUT2D eigenvalue weighted by molar-refractivity contribution is 6.24. The lowest BCUT2D eigenvalue weighted by Crippen LogP contribution is -2.63. The van der Waals surface area contributed by atoms with Crippen LogP contribution < -0.4 is 5.73 Å². The highest BCUT2D eigenvalue weighted by Gasteiger charge is 2.63. The van der Waals surface area contributed by atoms with Gasteiger partial charge in [0.2, 0.25) is 5.78 Å². The number of carbonyl (C=O) groups excluding carboxylic acids is 3. The number of phenols is 1. The molecule has 1 saturated heterocycles. The number of likely N-dealkylation sites (N-methyl/N-ethyl adjacent to an activating group) is 1. The monoisotopic (exact) mass is 536 g/mol. The van der Waals surface area contributed by atoms with Crippen LogP contribution in [-0.4, -0.2) is 86.5 Å². The Morgan fingerprint density at radius 3 is 2.46 bits per heavy atom. The Morgan fingerprint density at radius 1 is 1.21 bits per heavy atom. The smallest absolute Gasteiger partial charge is 0.255 e. The van der Waals surface area contributed by atoms with Gasteiger partial charge in [0.05, 0.1) is 17.7 Å². The minimum absolute atomic E-state index is 0.0141. The normalized spacial score (nSPS) is 29.7. The second kappa shape index (κ2) is 9.48. The zero-order chi connectivity index (χ0) is 28.4. The van der Waals surface area contributed by atoms with Crippen LogP contribution in [0.1, 0.15) is 40.7 Å². The topological polar surface area (TPSA) is 188 Å². The van der Waals surface area contributed by atoms with Crippen LogP contribution in [0, 0.1) is 29.1 Å². The molecule has 39 heavy (non-hydrogen) atoms. The Balaban J connectivity index is 1.59. The van der Waals surface area contributed by atoms with E-state index in [1.54, 1.807) is 20.2 Å². The Hall–Kier alpha value is -3.72. The first-order chi connectivity index (χ1) is 18.4. The molecule has 1 amide bonds. The van der Waals surface area contributed by atoms with Gasteiger partial charge in [0.1, 0.15) is 22.8 Å². The summed E-state index contributed by atoms with van der Waals surface area (Å²) in [6.07, 6.45) is 1.81. The molecule has 0 radical (unpaired) electrons. The number of hydrogen-bond acceptors (Lipinski definition) is 10. The maximum atomic E-state index is 13.8. The second-order valence-corrected chi connectivity index (χ2v) is 11.2. The third-order valence-corrected chi connectivity index (χ3v) is 8.87. The van der Waals surface area contributed by atoms with E-state index < -0.39 is 58.0 Å². The number of nitrogens with two attached hydrogens (primary N) is 1. The molecule has 1 heterocycles. The van der Waals surface area contributed by atoms with Crippen molar-refractivity contribution in [1.29, 1.82) is 5.26 Å². The number of Topliss-reactive ketones (excluding diaryl/α,β-unsaturated/α-hetero) is 2. The highest BCUT2D eigenvalue weighted by Crippen LogP contribution is 2.52. The van der Waals surface area contributed by atoms with E-state index in [1.807, 2.05) is 0 Å². The molecule has 206 valence electrons. The van der Waals surface area contributed by atoms with Crippen LogP contribution >= 0.6 is 0 Å². The van der Waals surface area contributed by atoms with Crippen molar-refractivity contribution in [2.75, 3.05) is 27.2 Å². The Morgan fingerprint density at radius 2 is 1.87 bits per heavy atom. The summed E-state index contributed by atoms with van der Waals surface area (Å²) in [5.41, 5.74) is 3.21. The summed E-state index contributed by atoms with van der Waals surface area (Å²) in [7, 11) is 3.19. The van der Waals surface area contributed by atoms with Gasteiger partial charge in [-0.15, -0.1) is 0 Å². The van der Waals surface area contributed by atoms with E-state index in [9.17, 15) is 40.1 Å². The fourth-order valence-corrected chi connectivity index (χ4v) is 6.92. The number of piperidine rings is 1. The summed E-state index contributed by atoms with van der Waals surface area (Å²) >= 11 is 0. The van der Waals surface area contributed by atoms with Crippen molar-refractivity contribution in [3.05, 3.63) is 51.5 Å². The number of hydrogen-bond donors (Lipinski definition) is 5. The van der Waals surface area contributed by atoms with Crippen molar-refractivity contribution >= 4 is 17.5 Å². The first-order valence-corrected chi connectivity index (χ1v) is 13.0. The van der Waals surface area contributed by atoms with Gasteiger partial charge in [-0.3, -0.25) is 24.2 Å². The van der Waals surface area contributed by atoms with Crippen molar-refractivity contribution in [1.82, 2.24) is 9.80 Å². The van der Waals surface area contributed by atoms with Gasteiger partial charge in [-0.05, 0) is 76.0 Å². The lowest BCUT2D eigenvalue weighted by molar-refractivity contribution is -0.148. The van der Waals surface area contributed by atoms with Crippen LogP contribution in [0.3, 0.4) is 0 Å². The molecule has 4 atom stereocenters. The van der Waals surface area contributed by atoms with E-state index in [2.05, 4.69) is 11.0 Å². The number of nitriles is 1. The Bertz CT molecular complexity index is 1380. The van der Waals surface area contributed by atoms with Gasteiger partial charge in [-0.1, -0.05) is 6.07 Å². The third-order valence-electron chi connectivity index (χ3n) is 8.87. The number of aromatic hydroxyl groups is 1.